The summed E-state index contributed by atoms with van der Waals surface area (Å²) in [6.45, 7) is 9.58. The van der Waals surface area contributed by atoms with Gasteiger partial charge in [-0.2, -0.15) is 0 Å². The van der Waals surface area contributed by atoms with Gasteiger partial charge in [0, 0.05) is 23.2 Å². The van der Waals surface area contributed by atoms with Crippen LogP contribution in [-0.4, -0.2) is 12.6 Å². The van der Waals surface area contributed by atoms with Gasteiger partial charge in [-0.1, -0.05) is 25.1 Å². The summed E-state index contributed by atoms with van der Waals surface area (Å²) in [5, 5.41) is 5.51. The maximum atomic E-state index is 3.36. The maximum absolute atomic E-state index is 3.36. The molecule has 0 unspecified atom stereocenters. The quantitative estimate of drug-likeness (QED) is 0.818. The monoisotopic (exact) mass is 288 g/mol. The summed E-state index contributed by atoms with van der Waals surface area (Å²) in [5.41, 5.74) is 2.64. The molecule has 0 aliphatic heterocycles. The van der Waals surface area contributed by atoms with Crippen molar-refractivity contribution >= 4 is 17.0 Å². The highest BCUT2D eigenvalue weighted by atomic mass is 32.1. The summed E-state index contributed by atoms with van der Waals surface area (Å²) >= 11 is 1.83. The van der Waals surface area contributed by atoms with Crippen LogP contribution >= 0.6 is 11.3 Å². The molecule has 0 saturated heterocycles. The summed E-state index contributed by atoms with van der Waals surface area (Å²) in [6.07, 6.45) is 0. The summed E-state index contributed by atoms with van der Waals surface area (Å²) in [5.74, 6) is 0. The van der Waals surface area contributed by atoms with Gasteiger partial charge in [0.15, 0.2) is 0 Å². The van der Waals surface area contributed by atoms with Crippen LogP contribution < -0.4 is 10.2 Å². The number of nitrogens with zero attached hydrogens (tertiary/aromatic N) is 1. The van der Waals surface area contributed by atoms with Crippen LogP contribution in [0.5, 0.6) is 0 Å². The van der Waals surface area contributed by atoms with Crippen molar-refractivity contribution < 1.29 is 0 Å². The Kier molecular flexibility index (Phi) is 5.62. The smallest absolute Gasteiger partial charge is 0.0525 e. The van der Waals surface area contributed by atoms with E-state index in [-0.39, 0.29) is 0 Å². The molecule has 2 aromatic rings. The van der Waals surface area contributed by atoms with Crippen LogP contribution in [-0.2, 0) is 13.1 Å². The van der Waals surface area contributed by atoms with E-state index >= 15 is 0 Å². The van der Waals surface area contributed by atoms with Crippen molar-refractivity contribution in [2.24, 2.45) is 0 Å². The Morgan fingerprint density at radius 3 is 2.45 bits per heavy atom. The summed E-state index contributed by atoms with van der Waals surface area (Å²) in [4.78, 5) is 3.86. The highest BCUT2D eigenvalue weighted by molar-refractivity contribution is 7.09. The highest BCUT2D eigenvalue weighted by Gasteiger charge is 2.11. The fourth-order valence-electron chi connectivity index (χ4n) is 2.22. The second kappa shape index (κ2) is 7.46. The van der Waals surface area contributed by atoms with Gasteiger partial charge in [0.25, 0.3) is 0 Å². The van der Waals surface area contributed by atoms with E-state index in [0.717, 1.165) is 19.6 Å². The zero-order valence-electron chi connectivity index (χ0n) is 12.6. The van der Waals surface area contributed by atoms with E-state index in [1.165, 1.54) is 16.1 Å². The van der Waals surface area contributed by atoms with Crippen LogP contribution in [0.1, 0.15) is 31.2 Å². The Bertz CT molecular complexity index is 488. The molecule has 1 N–H and O–H groups in total. The molecule has 1 heterocycles. The van der Waals surface area contributed by atoms with E-state index in [2.05, 4.69) is 72.8 Å². The fourth-order valence-corrected chi connectivity index (χ4v) is 2.92. The highest BCUT2D eigenvalue weighted by Crippen LogP contribution is 2.22. The van der Waals surface area contributed by atoms with Gasteiger partial charge in [0.2, 0.25) is 0 Å². The van der Waals surface area contributed by atoms with Gasteiger partial charge >= 0.3 is 0 Å². The molecule has 0 bridgehead atoms. The third kappa shape index (κ3) is 4.09. The molecule has 1 aromatic carbocycles. The number of hydrogen-bond acceptors (Lipinski definition) is 3. The number of nitrogens with one attached hydrogen (secondary N) is 1. The normalized spacial score (nSPS) is 11.0. The first-order valence-corrected chi connectivity index (χ1v) is 8.17. The van der Waals surface area contributed by atoms with E-state index in [4.69, 9.17) is 0 Å². The predicted octanol–water partition coefficient (Wildman–Crippen LogP) is 4.27. The minimum atomic E-state index is 0.497. The predicted molar refractivity (Wildman–Crippen MR) is 89.5 cm³/mol. The molecule has 108 valence electrons. The van der Waals surface area contributed by atoms with Crippen LogP contribution in [0.2, 0.25) is 0 Å². The molecule has 0 radical (unpaired) electrons. The molecule has 2 nitrogen and oxygen atoms in total. The Morgan fingerprint density at radius 2 is 1.90 bits per heavy atom. The SMILES string of the molecule is CCNCc1ccc(N(Cc2cccs2)C(C)C)cc1. The first-order valence-electron chi connectivity index (χ1n) is 7.29. The maximum Gasteiger partial charge on any atom is 0.0525 e. The lowest BCUT2D eigenvalue weighted by Gasteiger charge is -2.28. The third-order valence-electron chi connectivity index (χ3n) is 3.38. The minimum Gasteiger partial charge on any atom is -0.364 e. The van der Waals surface area contributed by atoms with Crippen molar-refractivity contribution in [2.75, 3.05) is 11.4 Å². The van der Waals surface area contributed by atoms with E-state index in [1.54, 1.807) is 0 Å². The Labute approximate surface area is 126 Å². The third-order valence-corrected chi connectivity index (χ3v) is 4.24. The first-order chi connectivity index (χ1) is 9.70. The van der Waals surface area contributed by atoms with Gasteiger partial charge in [-0.15, -0.1) is 11.3 Å². The topological polar surface area (TPSA) is 15.3 Å². The average molecular weight is 288 g/mol. The molecule has 0 aliphatic rings. The molecule has 0 amide bonds. The van der Waals surface area contributed by atoms with E-state index in [9.17, 15) is 0 Å². The van der Waals surface area contributed by atoms with Crippen molar-refractivity contribution in [3.8, 4) is 0 Å². The summed E-state index contributed by atoms with van der Waals surface area (Å²) < 4.78 is 0. The zero-order valence-corrected chi connectivity index (χ0v) is 13.4. The molecule has 0 spiro atoms. The molecular weight excluding hydrogens is 264 g/mol. The zero-order chi connectivity index (χ0) is 14.4. The Balaban J connectivity index is 2.09. The van der Waals surface area contributed by atoms with Crippen LogP contribution in [0.25, 0.3) is 0 Å². The summed E-state index contributed by atoms with van der Waals surface area (Å²) in [7, 11) is 0. The van der Waals surface area contributed by atoms with Gasteiger partial charge in [0.1, 0.15) is 0 Å². The molecular formula is C17H24N2S. The molecule has 0 aliphatic carbocycles. The van der Waals surface area contributed by atoms with Crippen LogP contribution in [0.4, 0.5) is 5.69 Å². The number of benzene rings is 1. The minimum absolute atomic E-state index is 0.497. The fraction of sp³-hybridized carbons (Fsp3) is 0.412. The van der Waals surface area contributed by atoms with E-state index in [1.807, 2.05) is 11.3 Å². The van der Waals surface area contributed by atoms with Crippen LogP contribution in [0, 0.1) is 0 Å². The molecule has 0 fully saturated rings. The average Bonchev–Trinajstić information content (AvgIpc) is 2.96. The van der Waals surface area contributed by atoms with Crippen molar-refractivity contribution in [1.82, 2.24) is 5.32 Å². The van der Waals surface area contributed by atoms with Crippen molar-refractivity contribution in [1.29, 1.82) is 0 Å². The molecule has 20 heavy (non-hydrogen) atoms. The van der Waals surface area contributed by atoms with Crippen molar-refractivity contribution in [3.63, 3.8) is 0 Å². The largest absolute Gasteiger partial charge is 0.364 e. The number of anilines is 1. The van der Waals surface area contributed by atoms with Gasteiger partial charge in [-0.25, -0.2) is 0 Å². The van der Waals surface area contributed by atoms with Gasteiger partial charge < -0.3 is 10.2 Å². The Hall–Kier alpha value is -1.32. The lowest BCUT2D eigenvalue weighted by Crippen LogP contribution is -2.29. The first kappa shape index (κ1) is 15.1. The van der Waals surface area contributed by atoms with Crippen molar-refractivity contribution in [3.05, 3.63) is 52.2 Å². The van der Waals surface area contributed by atoms with Crippen molar-refractivity contribution in [2.45, 2.75) is 39.9 Å². The molecule has 0 saturated carbocycles. The molecule has 2 rings (SSSR count). The second-order valence-corrected chi connectivity index (χ2v) is 6.28. The lowest BCUT2D eigenvalue weighted by atomic mass is 10.1. The van der Waals surface area contributed by atoms with E-state index in [0.29, 0.717) is 6.04 Å². The second-order valence-electron chi connectivity index (χ2n) is 5.25. The summed E-state index contributed by atoms with van der Waals surface area (Å²) in [6, 6.07) is 13.7. The van der Waals surface area contributed by atoms with Gasteiger partial charge in [-0.05, 0) is 49.5 Å². The number of rotatable bonds is 7. The van der Waals surface area contributed by atoms with Gasteiger partial charge in [-0.3, -0.25) is 0 Å². The standard InChI is InChI=1S/C17H24N2S/c1-4-18-12-15-7-9-16(10-8-15)19(14(2)3)13-17-6-5-11-20-17/h5-11,14,18H,4,12-13H2,1-3H3. The number of hydrogen-bond donors (Lipinski definition) is 1. The molecule has 3 heteroatoms. The molecule has 1 aromatic heterocycles. The van der Waals surface area contributed by atoms with Crippen LogP contribution in [0.15, 0.2) is 41.8 Å². The Morgan fingerprint density at radius 1 is 1.15 bits per heavy atom. The van der Waals surface area contributed by atoms with E-state index < -0.39 is 0 Å². The number of thiophene rings is 1. The van der Waals surface area contributed by atoms with Crippen LogP contribution in [0.3, 0.4) is 0 Å². The van der Waals surface area contributed by atoms with Gasteiger partial charge in [0.05, 0.1) is 6.54 Å². The molecule has 0 atom stereocenters. The lowest BCUT2D eigenvalue weighted by molar-refractivity contribution is 0.686.